The van der Waals surface area contributed by atoms with E-state index in [1.165, 1.54) is 4.90 Å². The molecule has 0 spiro atoms. The summed E-state index contributed by atoms with van der Waals surface area (Å²) in [6.07, 6.45) is -2.17. The summed E-state index contributed by atoms with van der Waals surface area (Å²) in [4.78, 5) is 28.1. The molecule has 0 saturated carbocycles. The zero-order valence-electron chi connectivity index (χ0n) is 16.7. The minimum absolute atomic E-state index is 0.0973. The average Bonchev–Trinajstić information content (AvgIpc) is 2.64. The van der Waals surface area contributed by atoms with Gasteiger partial charge >= 0.3 is 12.1 Å². The smallest absolute Gasteiger partial charge is 0.410 e. The number of aliphatic hydroxyl groups excluding tert-OH is 1. The van der Waals surface area contributed by atoms with Gasteiger partial charge < -0.3 is 24.2 Å². The molecule has 10 nitrogen and oxygen atoms in total. The number of ether oxygens (including phenoxy) is 3. The Morgan fingerprint density at radius 3 is 2.32 bits per heavy atom. The topological polar surface area (TPSA) is 134 Å². The highest BCUT2D eigenvalue weighted by atomic mass is 16.6. The molecular weight excluding hydrogens is 368 g/mol. The van der Waals surface area contributed by atoms with Gasteiger partial charge in [0.1, 0.15) is 11.4 Å². The van der Waals surface area contributed by atoms with Crippen molar-refractivity contribution < 1.29 is 28.9 Å². The van der Waals surface area contributed by atoms with Gasteiger partial charge in [-0.05, 0) is 44.0 Å². The standard InChI is InChI=1S/C18H26N4O6/c1-18(2,3)28-17(25)22(10-12-6-8-13(26-4)9-7-12)11-14(23)15(20-21-19)16(24)27-5/h6-9,14-15,23H,10-11H2,1-5H3/t14-,15+/m0/s1. The second kappa shape index (κ2) is 10.4. The van der Waals surface area contributed by atoms with Crippen molar-refractivity contribution in [3.63, 3.8) is 0 Å². The van der Waals surface area contributed by atoms with Crippen molar-refractivity contribution in [2.75, 3.05) is 20.8 Å². The van der Waals surface area contributed by atoms with Gasteiger partial charge in [0.2, 0.25) is 0 Å². The minimum atomic E-state index is -1.49. The quantitative estimate of drug-likeness (QED) is 0.312. The summed E-state index contributed by atoms with van der Waals surface area (Å²) in [7, 11) is 2.65. The summed E-state index contributed by atoms with van der Waals surface area (Å²) in [6.45, 7) is 4.93. The zero-order chi connectivity index (χ0) is 21.3. The summed E-state index contributed by atoms with van der Waals surface area (Å²) < 4.78 is 15.0. The highest BCUT2D eigenvalue weighted by Gasteiger charge is 2.31. The molecule has 1 aromatic carbocycles. The van der Waals surface area contributed by atoms with Gasteiger partial charge in [-0.15, -0.1) is 0 Å². The molecule has 0 aromatic heterocycles. The Labute approximate surface area is 163 Å². The Bertz CT molecular complexity index is 710. The van der Waals surface area contributed by atoms with Crippen LogP contribution in [0.4, 0.5) is 4.79 Å². The van der Waals surface area contributed by atoms with E-state index in [4.69, 9.17) is 15.0 Å². The monoisotopic (exact) mass is 394 g/mol. The molecule has 0 heterocycles. The van der Waals surface area contributed by atoms with Crippen molar-refractivity contribution in [1.82, 2.24) is 4.90 Å². The maximum atomic E-state index is 12.6. The molecule has 0 radical (unpaired) electrons. The number of rotatable bonds is 8. The van der Waals surface area contributed by atoms with E-state index < -0.39 is 29.8 Å². The molecule has 0 unspecified atom stereocenters. The predicted molar refractivity (Wildman–Crippen MR) is 101 cm³/mol. The largest absolute Gasteiger partial charge is 0.497 e. The molecule has 1 rings (SSSR count). The molecular formula is C18H26N4O6. The summed E-state index contributed by atoms with van der Waals surface area (Å²) in [6, 6.07) is 5.49. The van der Waals surface area contributed by atoms with Crippen molar-refractivity contribution in [2.45, 2.75) is 45.1 Å². The first-order valence-electron chi connectivity index (χ1n) is 8.52. The van der Waals surface area contributed by atoms with Gasteiger partial charge in [0.25, 0.3) is 0 Å². The third-order valence-electron chi connectivity index (χ3n) is 3.57. The van der Waals surface area contributed by atoms with Crippen LogP contribution in [-0.4, -0.2) is 60.6 Å². The second-order valence-electron chi connectivity index (χ2n) is 6.95. The van der Waals surface area contributed by atoms with Crippen molar-refractivity contribution >= 4 is 12.1 Å². The number of hydrogen-bond acceptors (Lipinski definition) is 7. The fourth-order valence-electron chi connectivity index (χ4n) is 2.26. The first kappa shape index (κ1) is 23.1. The summed E-state index contributed by atoms with van der Waals surface area (Å²) >= 11 is 0. The van der Waals surface area contributed by atoms with Crippen molar-refractivity contribution in [1.29, 1.82) is 0 Å². The number of azide groups is 1. The number of benzene rings is 1. The highest BCUT2D eigenvalue weighted by Crippen LogP contribution is 2.17. The number of methoxy groups -OCH3 is 2. The summed E-state index contributed by atoms with van der Waals surface area (Å²) in [5.74, 6) is -0.249. The summed E-state index contributed by atoms with van der Waals surface area (Å²) in [5, 5.41) is 13.7. The predicted octanol–water partition coefficient (Wildman–Crippen LogP) is 2.65. The fraction of sp³-hybridized carbons (Fsp3) is 0.556. The van der Waals surface area contributed by atoms with Crippen molar-refractivity contribution in [3.05, 3.63) is 40.3 Å². The van der Waals surface area contributed by atoms with Crippen molar-refractivity contribution in [2.24, 2.45) is 5.11 Å². The molecule has 28 heavy (non-hydrogen) atoms. The minimum Gasteiger partial charge on any atom is -0.497 e. The maximum absolute atomic E-state index is 12.6. The van der Waals surface area contributed by atoms with E-state index in [1.807, 2.05) is 0 Å². The number of hydrogen-bond donors (Lipinski definition) is 1. The summed E-state index contributed by atoms with van der Waals surface area (Å²) in [5.41, 5.74) is 8.62. The number of nitrogens with zero attached hydrogens (tertiary/aromatic N) is 4. The van der Waals surface area contributed by atoms with Gasteiger partial charge in [0.15, 0.2) is 6.04 Å². The molecule has 0 saturated heterocycles. The van der Waals surface area contributed by atoms with E-state index in [0.717, 1.165) is 12.7 Å². The Balaban J connectivity index is 3.05. The lowest BCUT2D eigenvalue weighted by molar-refractivity contribution is -0.145. The van der Waals surface area contributed by atoms with E-state index in [2.05, 4.69) is 14.8 Å². The van der Waals surface area contributed by atoms with Gasteiger partial charge in [-0.1, -0.05) is 17.2 Å². The van der Waals surface area contributed by atoms with Gasteiger partial charge in [0, 0.05) is 11.5 Å². The van der Waals surface area contributed by atoms with Gasteiger partial charge in [0.05, 0.1) is 26.9 Å². The van der Waals surface area contributed by atoms with Crippen LogP contribution in [0.25, 0.3) is 10.4 Å². The van der Waals surface area contributed by atoms with Crippen LogP contribution >= 0.6 is 0 Å². The number of esters is 1. The van der Waals surface area contributed by atoms with Crippen LogP contribution in [0.3, 0.4) is 0 Å². The van der Waals surface area contributed by atoms with Crippen molar-refractivity contribution in [3.8, 4) is 5.75 Å². The first-order valence-corrected chi connectivity index (χ1v) is 8.52. The van der Waals surface area contributed by atoms with E-state index in [9.17, 15) is 14.7 Å². The highest BCUT2D eigenvalue weighted by molar-refractivity contribution is 5.76. The first-order chi connectivity index (χ1) is 13.1. The van der Waals surface area contributed by atoms with Gasteiger partial charge in [-0.2, -0.15) is 0 Å². The van der Waals surface area contributed by atoms with Crippen LogP contribution < -0.4 is 4.74 Å². The maximum Gasteiger partial charge on any atom is 0.410 e. The van der Waals surface area contributed by atoms with Crippen LogP contribution in [0.1, 0.15) is 26.3 Å². The molecule has 1 N–H and O–H groups in total. The molecule has 0 aliphatic heterocycles. The van der Waals surface area contributed by atoms with Crippen LogP contribution in [-0.2, 0) is 20.8 Å². The second-order valence-corrected chi connectivity index (χ2v) is 6.95. The van der Waals surface area contributed by atoms with Gasteiger partial charge in [-0.25, -0.2) is 4.79 Å². The van der Waals surface area contributed by atoms with Crippen LogP contribution in [0.15, 0.2) is 29.4 Å². The third-order valence-corrected chi connectivity index (χ3v) is 3.57. The lowest BCUT2D eigenvalue weighted by atomic mass is 10.1. The molecule has 10 heteroatoms. The molecule has 1 aromatic rings. The molecule has 154 valence electrons. The molecule has 0 aliphatic rings. The molecule has 0 fully saturated rings. The number of carbonyl (C=O) groups excluding carboxylic acids is 2. The van der Waals surface area contributed by atoms with Crippen LogP contribution in [0, 0.1) is 0 Å². The number of amides is 1. The fourth-order valence-corrected chi connectivity index (χ4v) is 2.26. The molecule has 0 bridgehead atoms. The Morgan fingerprint density at radius 2 is 1.86 bits per heavy atom. The average molecular weight is 394 g/mol. The molecule has 1 amide bonds. The SMILES string of the molecule is COC(=O)[C@H](N=[N+]=[N-])[C@@H](O)CN(Cc1ccc(OC)cc1)C(=O)OC(C)(C)C. The lowest BCUT2D eigenvalue weighted by Crippen LogP contribution is -2.45. The van der Waals surface area contributed by atoms with Crippen LogP contribution in [0.2, 0.25) is 0 Å². The van der Waals surface area contributed by atoms with E-state index in [1.54, 1.807) is 52.1 Å². The molecule has 0 aliphatic carbocycles. The Kier molecular flexibility index (Phi) is 8.56. The van der Waals surface area contributed by atoms with E-state index >= 15 is 0 Å². The molecule has 2 atom stereocenters. The van der Waals surface area contributed by atoms with Gasteiger partial charge in [-0.3, -0.25) is 4.79 Å². The third kappa shape index (κ3) is 7.34. The van der Waals surface area contributed by atoms with E-state index in [0.29, 0.717) is 5.75 Å². The zero-order valence-corrected chi connectivity index (χ0v) is 16.7. The Hall–Kier alpha value is -2.97. The normalized spacial score (nSPS) is 12.9. The lowest BCUT2D eigenvalue weighted by Gasteiger charge is -2.30. The number of aliphatic hydroxyl groups is 1. The number of carbonyl (C=O) groups is 2. The van der Waals surface area contributed by atoms with E-state index in [-0.39, 0.29) is 13.1 Å². The Morgan fingerprint density at radius 1 is 1.25 bits per heavy atom. The van der Waals surface area contributed by atoms with Crippen LogP contribution in [0.5, 0.6) is 5.75 Å².